The number of esters is 2. The standard InChI is InChI=1S/C25H24O4/c1-3-11-21-16-18(4-2)17-22(28-24(26)19-12-7-5-8-13-19)23(21)29-25(27)20-14-9-6-10-15-20/h5-10,12-17H,3-4,11H2,1-2H3. The summed E-state index contributed by atoms with van der Waals surface area (Å²) in [5.74, 6) is -0.393. The number of hydrogen-bond donors (Lipinski definition) is 0. The van der Waals surface area contributed by atoms with E-state index in [2.05, 4.69) is 6.92 Å². The van der Waals surface area contributed by atoms with Crippen LogP contribution >= 0.6 is 0 Å². The molecule has 0 aliphatic carbocycles. The minimum absolute atomic E-state index is 0.269. The van der Waals surface area contributed by atoms with Gasteiger partial charge in [-0.25, -0.2) is 9.59 Å². The first-order chi connectivity index (χ1) is 14.1. The van der Waals surface area contributed by atoms with Gasteiger partial charge in [0.25, 0.3) is 0 Å². The van der Waals surface area contributed by atoms with E-state index in [4.69, 9.17) is 9.47 Å². The zero-order chi connectivity index (χ0) is 20.6. The minimum atomic E-state index is -0.488. The van der Waals surface area contributed by atoms with Crippen LogP contribution in [0.5, 0.6) is 11.5 Å². The van der Waals surface area contributed by atoms with Crippen molar-refractivity contribution in [2.75, 3.05) is 0 Å². The Kier molecular flexibility index (Phi) is 6.80. The predicted molar refractivity (Wildman–Crippen MR) is 113 cm³/mol. The van der Waals surface area contributed by atoms with Gasteiger partial charge < -0.3 is 9.47 Å². The molecule has 148 valence electrons. The summed E-state index contributed by atoms with van der Waals surface area (Å²) in [6.45, 7) is 4.08. The first-order valence-electron chi connectivity index (χ1n) is 9.82. The molecule has 0 N–H and O–H groups in total. The highest BCUT2D eigenvalue weighted by Gasteiger charge is 2.20. The van der Waals surface area contributed by atoms with Crippen LogP contribution in [0, 0.1) is 0 Å². The third-order valence-corrected chi connectivity index (χ3v) is 4.54. The highest BCUT2D eigenvalue weighted by Crippen LogP contribution is 2.35. The lowest BCUT2D eigenvalue weighted by atomic mass is 10.0. The number of ether oxygens (including phenoxy) is 2. The van der Waals surface area contributed by atoms with E-state index in [0.717, 1.165) is 24.0 Å². The lowest BCUT2D eigenvalue weighted by molar-refractivity contribution is 0.0681. The van der Waals surface area contributed by atoms with Crippen LogP contribution in [-0.4, -0.2) is 11.9 Å². The molecule has 0 aliphatic heterocycles. The Balaban J connectivity index is 1.99. The summed E-state index contributed by atoms with van der Waals surface area (Å²) >= 11 is 0. The molecule has 0 saturated heterocycles. The summed E-state index contributed by atoms with van der Waals surface area (Å²) < 4.78 is 11.4. The molecule has 0 aromatic heterocycles. The molecule has 0 spiro atoms. The van der Waals surface area contributed by atoms with Gasteiger partial charge in [-0.2, -0.15) is 0 Å². The van der Waals surface area contributed by atoms with Crippen molar-refractivity contribution in [1.82, 2.24) is 0 Å². The Bertz CT molecular complexity index is 978. The van der Waals surface area contributed by atoms with E-state index in [0.29, 0.717) is 23.3 Å². The SMILES string of the molecule is CCCc1cc(CC)cc(OC(=O)c2ccccc2)c1OC(=O)c1ccccc1. The molecule has 4 nitrogen and oxygen atoms in total. The molecule has 0 bridgehead atoms. The van der Waals surface area contributed by atoms with Crippen molar-refractivity contribution in [2.45, 2.75) is 33.1 Å². The molecule has 0 radical (unpaired) electrons. The van der Waals surface area contributed by atoms with Crippen molar-refractivity contribution in [2.24, 2.45) is 0 Å². The number of hydrogen-bond acceptors (Lipinski definition) is 4. The van der Waals surface area contributed by atoms with Crippen molar-refractivity contribution in [1.29, 1.82) is 0 Å². The van der Waals surface area contributed by atoms with Crippen LogP contribution in [0.25, 0.3) is 0 Å². The summed E-state index contributed by atoms with van der Waals surface area (Å²) in [4.78, 5) is 25.3. The van der Waals surface area contributed by atoms with Crippen LogP contribution in [0.2, 0.25) is 0 Å². The fraction of sp³-hybridized carbons (Fsp3) is 0.200. The molecule has 3 aromatic carbocycles. The van der Waals surface area contributed by atoms with Crippen LogP contribution in [0.4, 0.5) is 0 Å². The zero-order valence-electron chi connectivity index (χ0n) is 16.7. The second-order valence-electron chi connectivity index (χ2n) is 6.70. The van der Waals surface area contributed by atoms with Gasteiger partial charge in [0, 0.05) is 0 Å². The quantitative estimate of drug-likeness (QED) is 0.388. The van der Waals surface area contributed by atoms with Gasteiger partial charge in [-0.1, -0.05) is 62.7 Å². The van der Waals surface area contributed by atoms with E-state index in [-0.39, 0.29) is 5.75 Å². The summed E-state index contributed by atoms with van der Waals surface area (Å²) in [5.41, 5.74) is 2.75. The van der Waals surface area contributed by atoms with Crippen LogP contribution in [0.1, 0.15) is 52.1 Å². The fourth-order valence-corrected chi connectivity index (χ4v) is 3.03. The normalized spacial score (nSPS) is 10.4. The molecule has 0 aliphatic rings. The monoisotopic (exact) mass is 388 g/mol. The molecular formula is C25H24O4. The van der Waals surface area contributed by atoms with E-state index in [9.17, 15) is 9.59 Å². The second kappa shape index (κ2) is 9.69. The molecule has 3 rings (SSSR count). The number of carbonyl (C=O) groups is 2. The lowest BCUT2D eigenvalue weighted by Gasteiger charge is -2.16. The van der Waals surface area contributed by atoms with Crippen LogP contribution in [-0.2, 0) is 12.8 Å². The largest absolute Gasteiger partial charge is 0.419 e. The maximum Gasteiger partial charge on any atom is 0.343 e. The van der Waals surface area contributed by atoms with Crippen molar-refractivity contribution >= 4 is 11.9 Å². The average Bonchev–Trinajstić information content (AvgIpc) is 2.76. The van der Waals surface area contributed by atoms with E-state index in [1.54, 1.807) is 54.6 Å². The average molecular weight is 388 g/mol. The Hall–Kier alpha value is -3.40. The van der Waals surface area contributed by atoms with Gasteiger partial charge in [-0.3, -0.25) is 0 Å². The molecule has 0 heterocycles. The summed E-state index contributed by atoms with van der Waals surface area (Å²) in [5, 5.41) is 0. The molecule has 3 aromatic rings. The third-order valence-electron chi connectivity index (χ3n) is 4.54. The first-order valence-corrected chi connectivity index (χ1v) is 9.82. The molecule has 4 heteroatoms. The smallest absolute Gasteiger partial charge is 0.343 e. The van der Waals surface area contributed by atoms with E-state index in [1.165, 1.54) is 0 Å². The lowest BCUT2D eigenvalue weighted by Crippen LogP contribution is -2.14. The Morgan fingerprint density at radius 1 is 0.759 bits per heavy atom. The number of benzene rings is 3. The predicted octanol–water partition coefficient (Wildman–Crippen LogP) is 5.64. The van der Waals surface area contributed by atoms with Gasteiger partial charge in [0.1, 0.15) is 0 Å². The third kappa shape index (κ3) is 5.11. The first kappa shape index (κ1) is 20.3. The highest BCUT2D eigenvalue weighted by atomic mass is 16.6. The Morgan fingerprint density at radius 2 is 1.31 bits per heavy atom. The van der Waals surface area contributed by atoms with Gasteiger partial charge in [0.15, 0.2) is 11.5 Å². The van der Waals surface area contributed by atoms with Gasteiger partial charge in [0.05, 0.1) is 11.1 Å². The van der Waals surface area contributed by atoms with Crippen molar-refractivity contribution in [3.8, 4) is 11.5 Å². The maximum atomic E-state index is 12.7. The second-order valence-corrected chi connectivity index (χ2v) is 6.70. The molecule has 29 heavy (non-hydrogen) atoms. The zero-order valence-corrected chi connectivity index (χ0v) is 16.7. The van der Waals surface area contributed by atoms with Crippen molar-refractivity contribution in [3.63, 3.8) is 0 Å². The van der Waals surface area contributed by atoms with Crippen LogP contribution < -0.4 is 9.47 Å². The Labute approximate surface area is 171 Å². The van der Waals surface area contributed by atoms with Crippen molar-refractivity contribution in [3.05, 3.63) is 95.1 Å². The highest BCUT2D eigenvalue weighted by molar-refractivity contribution is 5.93. The fourth-order valence-electron chi connectivity index (χ4n) is 3.03. The number of aryl methyl sites for hydroxylation is 2. The van der Waals surface area contributed by atoms with Crippen molar-refractivity contribution < 1.29 is 19.1 Å². The molecular weight excluding hydrogens is 364 g/mol. The number of rotatable bonds is 7. The molecule has 0 saturated carbocycles. The van der Waals surface area contributed by atoms with Gasteiger partial charge in [0.2, 0.25) is 0 Å². The summed E-state index contributed by atoms with van der Waals surface area (Å²) in [6, 6.07) is 21.3. The van der Waals surface area contributed by atoms with E-state index >= 15 is 0 Å². The topological polar surface area (TPSA) is 52.6 Å². The van der Waals surface area contributed by atoms with Gasteiger partial charge >= 0.3 is 11.9 Å². The van der Waals surface area contributed by atoms with Gasteiger partial charge in [-0.15, -0.1) is 0 Å². The molecule has 0 fully saturated rings. The minimum Gasteiger partial charge on any atom is -0.419 e. The van der Waals surface area contributed by atoms with Crippen LogP contribution in [0.3, 0.4) is 0 Å². The number of carbonyl (C=O) groups excluding carboxylic acids is 2. The Morgan fingerprint density at radius 3 is 1.83 bits per heavy atom. The van der Waals surface area contributed by atoms with E-state index < -0.39 is 11.9 Å². The maximum absolute atomic E-state index is 12.7. The summed E-state index contributed by atoms with van der Waals surface area (Å²) in [6.07, 6.45) is 2.36. The van der Waals surface area contributed by atoms with Crippen LogP contribution in [0.15, 0.2) is 72.8 Å². The molecule has 0 atom stereocenters. The van der Waals surface area contributed by atoms with Gasteiger partial charge in [-0.05, 0) is 54.3 Å². The summed E-state index contributed by atoms with van der Waals surface area (Å²) in [7, 11) is 0. The molecule has 0 unspecified atom stereocenters. The van der Waals surface area contributed by atoms with E-state index in [1.807, 2.05) is 25.1 Å². The molecule has 0 amide bonds.